The Morgan fingerprint density at radius 1 is 1.07 bits per heavy atom. The van der Waals surface area contributed by atoms with Crippen LogP contribution in [0.3, 0.4) is 0 Å². The molecule has 0 aliphatic carbocycles. The molecule has 2 heterocycles. The molecule has 1 atom stereocenters. The SMILES string of the molecule is CN1CCCCC1CCSc1nnc(COc2ccccc2F)n1-c1ccccc1. The highest BCUT2D eigenvalue weighted by atomic mass is 32.2. The van der Waals surface area contributed by atoms with Crippen LogP contribution in [-0.2, 0) is 6.61 Å². The van der Waals surface area contributed by atoms with E-state index >= 15 is 0 Å². The molecular formula is C23H27FN4OS. The molecule has 1 unspecified atom stereocenters. The molecule has 5 nitrogen and oxygen atoms in total. The van der Waals surface area contributed by atoms with Gasteiger partial charge in [-0.2, -0.15) is 0 Å². The van der Waals surface area contributed by atoms with Crippen molar-refractivity contribution < 1.29 is 9.13 Å². The van der Waals surface area contributed by atoms with Gasteiger partial charge in [0.15, 0.2) is 22.5 Å². The van der Waals surface area contributed by atoms with E-state index in [1.165, 1.54) is 31.9 Å². The number of hydrogen-bond donors (Lipinski definition) is 0. The highest BCUT2D eigenvalue weighted by Crippen LogP contribution is 2.26. The van der Waals surface area contributed by atoms with E-state index in [1.54, 1.807) is 30.0 Å². The van der Waals surface area contributed by atoms with Crippen molar-refractivity contribution in [2.45, 2.75) is 43.5 Å². The van der Waals surface area contributed by atoms with E-state index in [0.29, 0.717) is 11.9 Å². The van der Waals surface area contributed by atoms with Crippen LogP contribution in [0.1, 0.15) is 31.5 Å². The van der Waals surface area contributed by atoms with E-state index in [9.17, 15) is 4.39 Å². The van der Waals surface area contributed by atoms with Crippen LogP contribution < -0.4 is 4.74 Å². The number of likely N-dealkylation sites (tertiary alicyclic amines) is 1. The minimum Gasteiger partial charge on any atom is -0.483 e. The normalized spacial score (nSPS) is 17.2. The van der Waals surface area contributed by atoms with E-state index in [-0.39, 0.29) is 18.2 Å². The van der Waals surface area contributed by atoms with Gasteiger partial charge in [0.1, 0.15) is 6.61 Å². The number of thioether (sulfide) groups is 1. The molecule has 1 aliphatic rings. The lowest BCUT2D eigenvalue weighted by Crippen LogP contribution is -2.36. The molecule has 1 saturated heterocycles. The van der Waals surface area contributed by atoms with Crippen molar-refractivity contribution in [3.05, 3.63) is 66.2 Å². The molecule has 0 spiro atoms. The average Bonchev–Trinajstić information content (AvgIpc) is 3.18. The summed E-state index contributed by atoms with van der Waals surface area (Å²) in [7, 11) is 2.22. The summed E-state index contributed by atoms with van der Waals surface area (Å²) >= 11 is 1.72. The molecule has 30 heavy (non-hydrogen) atoms. The van der Waals surface area contributed by atoms with Crippen LogP contribution >= 0.6 is 11.8 Å². The summed E-state index contributed by atoms with van der Waals surface area (Å²) in [4.78, 5) is 2.47. The third kappa shape index (κ3) is 5.02. The first-order valence-electron chi connectivity index (χ1n) is 10.4. The minimum atomic E-state index is -0.380. The van der Waals surface area contributed by atoms with Crippen LogP contribution in [0.5, 0.6) is 5.75 Å². The molecule has 4 rings (SSSR count). The Balaban J connectivity index is 1.48. The van der Waals surface area contributed by atoms with Crippen LogP contribution in [0.2, 0.25) is 0 Å². The number of rotatable bonds is 8. The van der Waals surface area contributed by atoms with Crippen LogP contribution in [0.4, 0.5) is 4.39 Å². The first-order valence-corrected chi connectivity index (χ1v) is 11.4. The lowest BCUT2D eigenvalue weighted by atomic mass is 10.0. The van der Waals surface area contributed by atoms with Crippen molar-refractivity contribution in [2.24, 2.45) is 0 Å². The minimum absolute atomic E-state index is 0.148. The van der Waals surface area contributed by atoms with E-state index in [1.807, 2.05) is 34.9 Å². The van der Waals surface area contributed by atoms with Gasteiger partial charge in [-0.3, -0.25) is 4.57 Å². The maximum absolute atomic E-state index is 13.9. The van der Waals surface area contributed by atoms with Gasteiger partial charge in [0.05, 0.1) is 0 Å². The highest BCUT2D eigenvalue weighted by Gasteiger charge is 2.20. The van der Waals surface area contributed by atoms with Crippen LogP contribution in [-0.4, -0.2) is 45.1 Å². The number of para-hydroxylation sites is 2. The Labute approximate surface area is 181 Å². The molecule has 3 aromatic rings. The fourth-order valence-corrected chi connectivity index (χ4v) is 4.83. The molecule has 0 bridgehead atoms. The quantitative estimate of drug-likeness (QED) is 0.477. The molecule has 1 aliphatic heterocycles. The van der Waals surface area contributed by atoms with E-state index in [0.717, 1.165) is 23.0 Å². The Bertz CT molecular complexity index is 949. The first-order chi connectivity index (χ1) is 14.7. The zero-order chi connectivity index (χ0) is 20.8. The second kappa shape index (κ2) is 10.1. The largest absolute Gasteiger partial charge is 0.483 e. The summed E-state index contributed by atoms with van der Waals surface area (Å²) in [6.45, 7) is 1.34. The molecule has 0 saturated carbocycles. The Kier molecular flexibility index (Phi) is 7.02. The van der Waals surface area contributed by atoms with E-state index in [2.05, 4.69) is 22.1 Å². The molecule has 7 heteroatoms. The maximum Gasteiger partial charge on any atom is 0.195 e. The van der Waals surface area contributed by atoms with Crippen LogP contribution in [0.15, 0.2) is 59.8 Å². The monoisotopic (exact) mass is 426 g/mol. The molecule has 1 aromatic heterocycles. The lowest BCUT2D eigenvalue weighted by molar-refractivity contribution is 0.182. The molecule has 0 N–H and O–H groups in total. The van der Waals surface area contributed by atoms with Crippen LogP contribution in [0.25, 0.3) is 5.69 Å². The lowest BCUT2D eigenvalue weighted by Gasteiger charge is -2.32. The summed E-state index contributed by atoms with van der Waals surface area (Å²) in [5.74, 6) is 1.47. The van der Waals surface area contributed by atoms with Crippen molar-refractivity contribution >= 4 is 11.8 Å². The number of benzene rings is 2. The average molecular weight is 427 g/mol. The molecule has 0 amide bonds. The Morgan fingerprint density at radius 2 is 1.87 bits per heavy atom. The summed E-state index contributed by atoms with van der Waals surface area (Å²) < 4.78 is 21.6. The zero-order valence-electron chi connectivity index (χ0n) is 17.2. The third-order valence-corrected chi connectivity index (χ3v) is 6.47. The van der Waals surface area contributed by atoms with Gasteiger partial charge >= 0.3 is 0 Å². The summed E-state index contributed by atoms with van der Waals surface area (Å²) in [6.07, 6.45) is 5.01. The van der Waals surface area contributed by atoms with Crippen LogP contribution in [0, 0.1) is 5.82 Å². The molecule has 1 fully saturated rings. The number of ether oxygens (including phenoxy) is 1. The van der Waals surface area contributed by atoms with Gasteiger partial charge in [-0.15, -0.1) is 10.2 Å². The summed E-state index contributed by atoms with van der Waals surface area (Å²) in [5, 5.41) is 9.61. The predicted octanol–water partition coefficient (Wildman–Crippen LogP) is 4.95. The molecule has 0 radical (unpaired) electrons. The third-order valence-electron chi connectivity index (χ3n) is 5.51. The number of aromatic nitrogens is 3. The number of nitrogens with zero attached hydrogens (tertiary/aromatic N) is 4. The van der Waals surface area contributed by atoms with Crippen molar-refractivity contribution in [1.82, 2.24) is 19.7 Å². The van der Waals surface area contributed by atoms with Gasteiger partial charge in [0, 0.05) is 17.5 Å². The zero-order valence-corrected chi connectivity index (χ0v) is 18.0. The smallest absolute Gasteiger partial charge is 0.195 e. The van der Waals surface area contributed by atoms with Crippen molar-refractivity contribution in [2.75, 3.05) is 19.3 Å². The second-order valence-corrected chi connectivity index (χ2v) is 8.62. The standard InChI is InChI=1S/C23H27FN4OS/c1-27-15-8-7-9-18(27)14-16-30-23-26-25-22(28(23)19-10-3-2-4-11-19)17-29-21-13-6-5-12-20(21)24/h2-6,10-13,18H,7-9,14-17H2,1H3. The fourth-order valence-electron chi connectivity index (χ4n) is 3.82. The summed E-state index contributed by atoms with van der Waals surface area (Å²) in [5.41, 5.74) is 0.979. The second-order valence-electron chi connectivity index (χ2n) is 7.56. The van der Waals surface area contributed by atoms with Crippen molar-refractivity contribution in [3.63, 3.8) is 0 Å². The van der Waals surface area contributed by atoms with E-state index < -0.39 is 0 Å². The molecule has 158 valence electrons. The number of hydrogen-bond acceptors (Lipinski definition) is 5. The van der Waals surface area contributed by atoms with Gasteiger partial charge < -0.3 is 9.64 Å². The number of halogens is 1. The van der Waals surface area contributed by atoms with E-state index in [4.69, 9.17) is 4.74 Å². The maximum atomic E-state index is 13.9. The first kappa shape index (κ1) is 20.9. The van der Waals surface area contributed by atoms with Gasteiger partial charge in [-0.1, -0.05) is 48.5 Å². The Hall–Kier alpha value is -2.38. The predicted molar refractivity (Wildman–Crippen MR) is 118 cm³/mol. The highest BCUT2D eigenvalue weighted by molar-refractivity contribution is 7.99. The van der Waals surface area contributed by atoms with Gasteiger partial charge in [-0.25, -0.2) is 4.39 Å². The van der Waals surface area contributed by atoms with Gasteiger partial charge in [-0.05, 0) is 57.1 Å². The van der Waals surface area contributed by atoms with Crippen molar-refractivity contribution in [1.29, 1.82) is 0 Å². The Morgan fingerprint density at radius 3 is 2.67 bits per heavy atom. The van der Waals surface area contributed by atoms with Gasteiger partial charge in [0.25, 0.3) is 0 Å². The summed E-state index contributed by atoms with van der Waals surface area (Å²) in [6, 6.07) is 17.1. The van der Waals surface area contributed by atoms with Crippen molar-refractivity contribution in [3.8, 4) is 11.4 Å². The fraction of sp³-hybridized carbons (Fsp3) is 0.391. The molecular weight excluding hydrogens is 399 g/mol. The van der Waals surface area contributed by atoms with Gasteiger partial charge in [0.2, 0.25) is 0 Å². The molecule has 2 aromatic carbocycles. The topological polar surface area (TPSA) is 43.2 Å². The number of piperidine rings is 1.